The van der Waals surface area contributed by atoms with Gasteiger partial charge in [0.1, 0.15) is 0 Å². The highest BCUT2D eigenvalue weighted by atomic mass is 16.7. The van der Waals surface area contributed by atoms with Gasteiger partial charge < -0.3 is 4.90 Å². The summed E-state index contributed by atoms with van der Waals surface area (Å²) in [6, 6.07) is 0.289. The molecule has 88 valence electrons. The highest BCUT2D eigenvalue weighted by Gasteiger charge is 2.38. The van der Waals surface area contributed by atoms with Crippen LogP contribution in [-0.2, 0) is 4.84 Å². The first kappa shape index (κ1) is 12.3. The van der Waals surface area contributed by atoms with Crippen molar-refractivity contribution in [1.29, 1.82) is 0 Å². The summed E-state index contributed by atoms with van der Waals surface area (Å²) in [5, 5.41) is 1.30. The zero-order chi connectivity index (χ0) is 11.6. The van der Waals surface area contributed by atoms with Gasteiger partial charge in [0.15, 0.2) is 0 Å². The first-order chi connectivity index (χ1) is 6.88. The first-order valence-corrected chi connectivity index (χ1v) is 5.46. The molecule has 0 aromatic heterocycles. The Bertz CT molecular complexity index is 235. The predicted octanol–water partition coefficient (Wildman–Crippen LogP) is 2.11. The highest BCUT2D eigenvalue weighted by molar-refractivity contribution is 5.73. The molecule has 1 aliphatic rings. The number of nitrogens with zero attached hydrogens (tertiary/aromatic N) is 2. The van der Waals surface area contributed by atoms with Gasteiger partial charge in [-0.05, 0) is 18.3 Å². The van der Waals surface area contributed by atoms with E-state index in [1.807, 2.05) is 4.90 Å². The van der Waals surface area contributed by atoms with E-state index < -0.39 is 0 Å². The molecule has 0 aromatic carbocycles. The predicted molar refractivity (Wildman–Crippen MR) is 59.4 cm³/mol. The van der Waals surface area contributed by atoms with Crippen molar-refractivity contribution < 1.29 is 9.63 Å². The summed E-state index contributed by atoms with van der Waals surface area (Å²) in [5.74, 6) is 0. The maximum Gasteiger partial charge on any atom is 0.343 e. The Balaban J connectivity index is 2.73. The molecule has 0 N–H and O–H groups in total. The van der Waals surface area contributed by atoms with Crippen LogP contribution in [0.25, 0.3) is 0 Å². The van der Waals surface area contributed by atoms with Gasteiger partial charge >= 0.3 is 6.03 Å². The van der Waals surface area contributed by atoms with E-state index >= 15 is 0 Å². The Morgan fingerprint density at radius 2 is 2.07 bits per heavy atom. The molecule has 1 atom stereocenters. The van der Waals surface area contributed by atoms with Gasteiger partial charge in [-0.2, -0.15) is 0 Å². The molecular weight excluding hydrogens is 192 g/mol. The lowest BCUT2D eigenvalue weighted by Crippen LogP contribution is -2.47. The number of hydroxylamine groups is 2. The molecule has 0 spiro atoms. The summed E-state index contributed by atoms with van der Waals surface area (Å²) >= 11 is 0. The number of likely N-dealkylation sites (tertiary alicyclic amines) is 1. The molecule has 1 fully saturated rings. The second-order valence-corrected chi connectivity index (χ2v) is 5.18. The number of carbonyl (C=O) groups excluding carboxylic acids is 1. The number of amides is 2. The van der Waals surface area contributed by atoms with Crippen LogP contribution in [0.15, 0.2) is 0 Å². The smallest absolute Gasteiger partial charge is 0.319 e. The summed E-state index contributed by atoms with van der Waals surface area (Å²) < 4.78 is 0. The van der Waals surface area contributed by atoms with Gasteiger partial charge in [-0.3, -0.25) is 4.84 Å². The normalized spacial score (nSPS) is 21.9. The van der Waals surface area contributed by atoms with Crippen molar-refractivity contribution in [2.75, 3.05) is 20.7 Å². The van der Waals surface area contributed by atoms with Gasteiger partial charge in [-0.1, -0.05) is 20.8 Å². The van der Waals surface area contributed by atoms with Crippen molar-refractivity contribution in [3.8, 4) is 0 Å². The lowest BCUT2D eigenvalue weighted by Gasteiger charge is -2.36. The van der Waals surface area contributed by atoms with Crippen LogP contribution in [0.5, 0.6) is 0 Å². The lowest BCUT2D eigenvalue weighted by molar-refractivity contribution is -0.0795. The molecule has 1 rings (SSSR count). The minimum Gasteiger partial charge on any atom is -0.319 e. The third-order valence-electron chi connectivity index (χ3n) is 3.04. The van der Waals surface area contributed by atoms with Gasteiger partial charge in [-0.15, -0.1) is 0 Å². The van der Waals surface area contributed by atoms with Gasteiger partial charge in [0.25, 0.3) is 0 Å². The van der Waals surface area contributed by atoms with E-state index in [1.165, 1.54) is 12.2 Å². The fourth-order valence-corrected chi connectivity index (χ4v) is 2.16. The summed E-state index contributed by atoms with van der Waals surface area (Å²) in [6.07, 6.45) is 2.18. The van der Waals surface area contributed by atoms with Gasteiger partial charge in [0, 0.05) is 19.6 Å². The molecule has 4 heteroatoms. The van der Waals surface area contributed by atoms with Crippen molar-refractivity contribution >= 4 is 6.03 Å². The molecule has 1 saturated heterocycles. The summed E-state index contributed by atoms with van der Waals surface area (Å²) in [4.78, 5) is 18.8. The first-order valence-electron chi connectivity index (χ1n) is 5.46. The monoisotopic (exact) mass is 214 g/mol. The SMILES string of the molecule is CON(C)C(=O)N1CCCC1C(C)(C)C. The Morgan fingerprint density at radius 3 is 2.53 bits per heavy atom. The standard InChI is InChI=1S/C11H22N2O2/c1-11(2,3)9-7-6-8-13(9)10(14)12(4)15-5/h9H,6-8H2,1-5H3. The maximum absolute atomic E-state index is 12.0. The topological polar surface area (TPSA) is 32.8 Å². The molecule has 1 unspecified atom stereocenters. The number of carbonyl (C=O) groups is 1. The fourth-order valence-electron chi connectivity index (χ4n) is 2.16. The summed E-state index contributed by atoms with van der Waals surface area (Å²) in [5.41, 5.74) is 0.140. The number of hydrogen-bond acceptors (Lipinski definition) is 2. The van der Waals surface area contributed by atoms with E-state index in [4.69, 9.17) is 4.84 Å². The van der Waals surface area contributed by atoms with Crippen molar-refractivity contribution in [2.24, 2.45) is 5.41 Å². The van der Waals surface area contributed by atoms with E-state index in [1.54, 1.807) is 7.05 Å². The molecule has 15 heavy (non-hydrogen) atoms. The van der Waals surface area contributed by atoms with Crippen LogP contribution in [-0.4, -0.2) is 42.7 Å². The van der Waals surface area contributed by atoms with Crippen LogP contribution in [0.2, 0.25) is 0 Å². The van der Waals surface area contributed by atoms with E-state index in [0.29, 0.717) is 6.04 Å². The minimum absolute atomic E-state index is 0.0325. The largest absolute Gasteiger partial charge is 0.343 e. The Hall–Kier alpha value is -0.770. The lowest BCUT2D eigenvalue weighted by atomic mass is 9.85. The average molecular weight is 214 g/mol. The number of rotatable bonds is 1. The Kier molecular flexibility index (Phi) is 3.60. The van der Waals surface area contributed by atoms with Crippen molar-refractivity contribution in [2.45, 2.75) is 39.7 Å². The number of urea groups is 1. The molecule has 0 aliphatic carbocycles. The van der Waals surface area contributed by atoms with Crippen molar-refractivity contribution in [3.05, 3.63) is 0 Å². The van der Waals surface area contributed by atoms with E-state index in [-0.39, 0.29) is 11.4 Å². The van der Waals surface area contributed by atoms with Crippen LogP contribution in [0.4, 0.5) is 4.79 Å². The van der Waals surface area contributed by atoms with Crippen LogP contribution < -0.4 is 0 Å². The highest BCUT2D eigenvalue weighted by Crippen LogP contribution is 2.33. The molecule has 2 amide bonds. The van der Waals surface area contributed by atoms with E-state index in [2.05, 4.69) is 20.8 Å². The van der Waals surface area contributed by atoms with Gasteiger partial charge in [0.2, 0.25) is 0 Å². The molecule has 1 aliphatic heterocycles. The van der Waals surface area contributed by atoms with E-state index in [9.17, 15) is 4.79 Å². The van der Waals surface area contributed by atoms with Gasteiger partial charge in [0.05, 0.1) is 7.11 Å². The van der Waals surface area contributed by atoms with E-state index in [0.717, 1.165) is 19.4 Å². The van der Waals surface area contributed by atoms with Gasteiger partial charge in [-0.25, -0.2) is 9.86 Å². The zero-order valence-electron chi connectivity index (χ0n) is 10.4. The molecule has 0 bridgehead atoms. The Morgan fingerprint density at radius 1 is 1.47 bits per heavy atom. The third kappa shape index (κ3) is 2.62. The van der Waals surface area contributed by atoms with Crippen molar-refractivity contribution in [3.63, 3.8) is 0 Å². The zero-order valence-corrected chi connectivity index (χ0v) is 10.4. The van der Waals surface area contributed by atoms with Crippen molar-refractivity contribution in [1.82, 2.24) is 9.96 Å². The van der Waals surface area contributed by atoms with Crippen LogP contribution in [0.1, 0.15) is 33.6 Å². The molecule has 0 radical (unpaired) electrons. The minimum atomic E-state index is -0.0325. The quantitative estimate of drug-likeness (QED) is 0.626. The number of hydrogen-bond donors (Lipinski definition) is 0. The third-order valence-corrected chi connectivity index (χ3v) is 3.04. The maximum atomic E-state index is 12.0. The second-order valence-electron chi connectivity index (χ2n) is 5.18. The second kappa shape index (κ2) is 4.39. The van der Waals surface area contributed by atoms with Crippen LogP contribution >= 0.6 is 0 Å². The molecule has 0 saturated carbocycles. The average Bonchev–Trinajstić information content (AvgIpc) is 2.63. The Labute approximate surface area is 92.1 Å². The van der Waals surface area contributed by atoms with Crippen LogP contribution in [0, 0.1) is 5.41 Å². The molecular formula is C11H22N2O2. The summed E-state index contributed by atoms with van der Waals surface area (Å²) in [7, 11) is 3.17. The van der Waals surface area contributed by atoms with Crippen LogP contribution in [0.3, 0.4) is 0 Å². The molecule has 4 nitrogen and oxygen atoms in total. The molecule has 1 heterocycles. The molecule has 0 aromatic rings. The summed E-state index contributed by atoms with van der Waals surface area (Å²) in [6.45, 7) is 7.37. The fraction of sp³-hybridized carbons (Fsp3) is 0.909.